The maximum absolute atomic E-state index is 12.3. The number of hydrogen-bond donors (Lipinski definition) is 4. The molecule has 0 saturated carbocycles. The molecule has 192 valence electrons. The molecule has 1 unspecified atom stereocenters. The van der Waals surface area contributed by atoms with Gasteiger partial charge in [-0.05, 0) is 50.2 Å². The molecule has 35 heavy (non-hydrogen) atoms. The highest BCUT2D eigenvalue weighted by Gasteiger charge is 2.30. The van der Waals surface area contributed by atoms with Crippen LogP contribution in [0, 0.1) is 0 Å². The molecule has 1 aliphatic rings. The first-order chi connectivity index (χ1) is 16.8. The Morgan fingerprint density at radius 3 is 2.37 bits per heavy atom. The van der Waals surface area contributed by atoms with Gasteiger partial charge in [0.05, 0.1) is 30.3 Å². The summed E-state index contributed by atoms with van der Waals surface area (Å²) in [5.41, 5.74) is 7.25. The molecule has 5 N–H and O–H groups in total. The monoisotopic (exact) mass is 484 g/mol. The Kier molecular flexibility index (Phi) is 12.4. The van der Waals surface area contributed by atoms with Crippen LogP contribution in [-0.4, -0.2) is 49.4 Å². The van der Waals surface area contributed by atoms with Crippen molar-refractivity contribution in [2.45, 2.75) is 46.6 Å². The fraction of sp³-hybridized carbons (Fsp3) is 0.407. The smallest absolute Gasteiger partial charge is 0.257 e. The lowest BCUT2D eigenvalue weighted by Gasteiger charge is -2.29. The highest BCUT2D eigenvalue weighted by Crippen LogP contribution is 2.34. The van der Waals surface area contributed by atoms with Gasteiger partial charge in [-0.1, -0.05) is 39.0 Å². The number of Topliss-reactive ketones (excluding diaryl/α,β-unsaturated/α-hetero) is 1. The van der Waals surface area contributed by atoms with Crippen molar-refractivity contribution < 1.29 is 19.4 Å². The molecule has 3 rings (SSSR count). The predicted octanol–water partition coefficient (Wildman–Crippen LogP) is 4.43. The fourth-order valence-electron chi connectivity index (χ4n) is 3.48. The summed E-state index contributed by atoms with van der Waals surface area (Å²) in [4.78, 5) is 26.0. The van der Waals surface area contributed by atoms with Crippen LogP contribution < -0.4 is 21.1 Å². The Morgan fingerprint density at radius 2 is 1.80 bits per heavy atom. The second kappa shape index (κ2) is 14.7. The Labute approximate surface area is 209 Å². The first kappa shape index (κ1) is 29.5. The minimum atomic E-state index is -0.311. The van der Waals surface area contributed by atoms with Crippen molar-refractivity contribution in [2.24, 2.45) is 5.73 Å². The first-order valence-electron chi connectivity index (χ1n) is 12.0. The molecule has 2 aromatic rings. The largest absolute Gasteiger partial charge is 0.505 e. The van der Waals surface area contributed by atoms with Gasteiger partial charge in [0.25, 0.3) is 5.91 Å². The second-order valence-corrected chi connectivity index (χ2v) is 7.59. The molecule has 0 heterocycles. The molecule has 1 amide bonds. The summed E-state index contributed by atoms with van der Waals surface area (Å²) in [6, 6.07) is 12.8. The molecule has 0 fully saturated rings. The zero-order chi connectivity index (χ0) is 26.5. The molecule has 2 aromatic carbocycles. The third kappa shape index (κ3) is 7.48. The molecule has 1 atom stereocenters. The van der Waals surface area contributed by atoms with E-state index in [-0.39, 0.29) is 29.0 Å². The zero-order valence-electron chi connectivity index (χ0n) is 21.9. The quantitative estimate of drug-likeness (QED) is 0.389. The minimum absolute atomic E-state index is 0.00977. The third-order valence-electron chi connectivity index (χ3n) is 5.18. The molecule has 0 bridgehead atoms. The predicted molar refractivity (Wildman–Crippen MR) is 142 cm³/mol. The van der Waals surface area contributed by atoms with Gasteiger partial charge in [0.1, 0.15) is 11.4 Å². The SMILES string of the molecule is CC.CCOc1cccc(C(CC)NC2=C(Nc3cccc(C(=O)N(C)C)c3O)C(=O)C2)c1.CN. The van der Waals surface area contributed by atoms with Gasteiger partial charge in [-0.2, -0.15) is 0 Å². The number of nitrogens with zero attached hydrogens (tertiary/aromatic N) is 1. The van der Waals surface area contributed by atoms with E-state index in [1.807, 2.05) is 45.0 Å². The number of ketones is 1. The number of benzene rings is 2. The number of carbonyl (C=O) groups excluding carboxylic acids is 2. The fourth-order valence-corrected chi connectivity index (χ4v) is 3.48. The number of ether oxygens (including phenoxy) is 1. The van der Waals surface area contributed by atoms with Crippen LogP contribution in [0.4, 0.5) is 5.69 Å². The molecule has 8 heteroatoms. The van der Waals surface area contributed by atoms with Crippen LogP contribution in [0.25, 0.3) is 0 Å². The standard InChI is InChI=1S/C24H29N3O4.C2H6.CH5N/c1-5-18(15-9-7-10-16(13-15)31-6-2)25-20-14-21(28)22(20)26-19-12-8-11-17(23(19)29)24(30)27(3)4;2*1-2/h7-13,18,25-26,29H,5-6,14H2,1-4H3;1-2H3;2H2,1H3. The Hall–Kier alpha value is -3.52. The van der Waals surface area contributed by atoms with E-state index in [0.29, 0.717) is 24.4 Å². The van der Waals surface area contributed by atoms with E-state index in [1.165, 1.54) is 11.9 Å². The number of hydrogen-bond acceptors (Lipinski definition) is 7. The van der Waals surface area contributed by atoms with Crippen LogP contribution in [0.1, 0.15) is 62.5 Å². The summed E-state index contributed by atoms with van der Waals surface area (Å²) >= 11 is 0. The average molecular weight is 485 g/mol. The second-order valence-electron chi connectivity index (χ2n) is 7.59. The van der Waals surface area contributed by atoms with Crippen molar-refractivity contribution >= 4 is 17.4 Å². The first-order valence-corrected chi connectivity index (χ1v) is 12.0. The number of phenols is 1. The highest BCUT2D eigenvalue weighted by molar-refractivity contribution is 6.07. The van der Waals surface area contributed by atoms with Crippen molar-refractivity contribution in [1.82, 2.24) is 10.2 Å². The molecule has 0 spiro atoms. The summed E-state index contributed by atoms with van der Waals surface area (Å²) in [5, 5.41) is 17.0. The van der Waals surface area contributed by atoms with Gasteiger partial charge in [0.15, 0.2) is 11.5 Å². The van der Waals surface area contributed by atoms with Gasteiger partial charge in [-0.15, -0.1) is 0 Å². The number of allylic oxidation sites excluding steroid dienone is 2. The lowest BCUT2D eigenvalue weighted by atomic mass is 9.95. The molecular formula is C27H40N4O4. The van der Waals surface area contributed by atoms with Gasteiger partial charge in [0, 0.05) is 19.8 Å². The number of nitrogens with two attached hydrogens (primary N) is 1. The number of aromatic hydroxyl groups is 1. The molecule has 1 aliphatic carbocycles. The Morgan fingerprint density at radius 1 is 1.14 bits per heavy atom. The molecule has 8 nitrogen and oxygen atoms in total. The number of amides is 1. The van der Waals surface area contributed by atoms with Crippen LogP contribution >= 0.6 is 0 Å². The lowest BCUT2D eigenvalue weighted by molar-refractivity contribution is -0.116. The van der Waals surface area contributed by atoms with Crippen LogP contribution in [0.15, 0.2) is 53.9 Å². The normalized spacial score (nSPS) is 12.7. The number of rotatable bonds is 9. The van der Waals surface area contributed by atoms with E-state index in [9.17, 15) is 14.7 Å². The van der Waals surface area contributed by atoms with Crippen LogP contribution in [0.2, 0.25) is 0 Å². The average Bonchev–Trinajstić information content (AvgIpc) is 2.88. The molecular weight excluding hydrogens is 444 g/mol. The number of nitrogens with one attached hydrogen (secondary N) is 2. The zero-order valence-corrected chi connectivity index (χ0v) is 21.9. The van der Waals surface area contributed by atoms with E-state index in [2.05, 4.69) is 23.3 Å². The maximum atomic E-state index is 12.3. The van der Waals surface area contributed by atoms with Gasteiger partial charge in [-0.3, -0.25) is 9.59 Å². The van der Waals surface area contributed by atoms with Crippen molar-refractivity contribution in [3.63, 3.8) is 0 Å². The van der Waals surface area contributed by atoms with E-state index in [0.717, 1.165) is 23.4 Å². The topological polar surface area (TPSA) is 117 Å². The minimum Gasteiger partial charge on any atom is -0.505 e. The van der Waals surface area contributed by atoms with Gasteiger partial charge in [0.2, 0.25) is 0 Å². The summed E-state index contributed by atoms with van der Waals surface area (Å²) < 4.78 is 5.60. The van der Waals surface area contributed by atoms with Crippen LogP contribution in [0.3, 0.4) is 0 Å². The number of para-hydroxylation sites is 1. The highest BCUT2D eigenvalue weighted by atomic mass is 16.5. The van der Waals surface area contributed by atoms with Crippen molar-refractivity contribution in [3.05, 3.63) is 65.0 Å². The summed E-state index contributed by atoms with van der Waals surface area (Å²) in [5.74, 6) is 0.270. The Balaban J connectivity index is 0.00000145. The van der Waals surface area contributed by atoms with Gasteiger partial charge >= 0.3 is 0 Å². The Bertz CT molecular complexity index is 1020. The van der Waals surface area contributed by atoms with E-state index < -0.39 is 0 Å². The third-order valence-corrected chi connectivity index (χ3v) is 5.18. The van der Waals surface area contributed by atoms with Crippen molar-refractivity contribution in [2.75, 3.05) is 33.1 Å². The number of anilines is 1. The van der Waals surface area contributed by atoms with Crippen molar-refractivity contribution in [3.8, 4) is 11.5 Å². The van der Waals surface area contributed by atoms with Gasteiger partial charge < -0.3 is 31.1 Å². The summed E-state index contributed by atoms with van der Waals surface area (Å²) in [7, 11) is 4.74. The molecule has 0 aliphatic heterocycles. The number of phenolic OH excluding ortho intramolecular Hbond substituents is 1. The van der Waals surface area contributed by atoms with Crippen molar-refractivity contribution in [1.29, 1.82) is 0 Å². The molecule has 0 saturated heterocycles. The summed E-state index contributed by atoms with van der Waals surface area (Å²) in [6.45, 7) is 8.61. The lowest BCUT2D eigenvalue weighted by Crippen LogP contribution is -2.34. The van der Waals surface area contributed by atoms with Crippen LogP contribution in [-0.2, 0) is 4.79 Å². The number of carbonyl (C=O) groups is 2. The maximum Gasteiger partial charge on any atom is 0.257 e. The molecule has 0 aromatic heterocycles. The summed E-state index contributed by atoms with van der Waals surface area (Å²) in [6.07, 6.45) is 1.11. The van der Waals surface area contributed by atoms with Gasteiger partial charge in [-0.25, -0.2) is 0 Å². The molecule has 0 radical (unpaired) electrons. The van der Waals surface area contributed by atoms with E-state index in [4.69, 9.17) is 4.74 Å². The van der Waals surface area contributed by atoms with E-state index in [1.54, 1.807) is 32.3 Å². The van der Waals surface area contributed by atoms with E-state index >= 15 is 0 Å². The van der Waals surface area contributed by atoms with Crippen LogP contribution in [0.5, 0.6) is 11.5 Å².